The molecule has 2 rings (SSSR count). The summed E-state index contributed by atoms with van der Waals surface area (Å²) in [6.45, 7) is 1.55. The van der Waals surface area contributed by atoms with E-state index in [1.165, 1.54) is 22.7 Å². The summed E-state index contributed by atoms with van der Waals surface area (Å²) in [5.41, 5.74) is 0.736. The van der Waals surface area contributed by atoms with Crippen molar-refractivity contribution >= 4 is 49.6 Å². The van der Waals surface area contributed by atoms with Gasteiger partial charge in [-0.25, -0.2) is 4.98 Å². The standard InChI is InChI=1S/C7H4ClNOS2/c1-3(10)4-2-11-6-5(4)12-7(8)9-6/h2H,1H3. The Bertz CT molecular complexity index is 445. The Hall–Kier alpha value is -0.450. The van der Waals surface area contributed by atoms with E-state index in [0.29, 0.717) is 4.47 Å². The van der Waals surface area contributed by atoms with Crippen molar-refractivity contribution in [3.63, 3.8) is 0 Å². The van der Waals surface area contributed by atoms with Crippen LogP contribution in [0.3, 0.4) is 0 Å². The molecule has 0 spiro atoms. The highest BCUT2D eigenvalue weighted by Crippen LogP contribution is 2.33. The highest BCUT2D eigenvalue weighted by atomic mass is 35.5. The van der Waals surface area contributed by atoms with Gasteiger partial charge in [-0.05, 0) is 6.92 Å². The Morgan fingerprint density at radius 2 is 2.42 bits per heavy atom. The number of hydrogen-bond acceptors (Lipinski definition) is 4. The number of carbonyl (C=O) groups excluding carboxylic acids is 1. The van der Waals surface area contributed by atoms with E-state index in [9.17, 15) is 4.79 Å². The fraction of sp³-hybridized carbons (Fsp3) is 0.143. The number of ketones is 1. The van der Waals surface area contributed by atoms with Crippen LogP contribution in [0.2, 0.25) is 4.47 Å². The zero-order chi connectivity index (χ0) is 8.72. The Morgan fingerprint density at radius 1 is 1.67 bits per heavy atom. The number of nitrogens with zero attached hydrogens (tertiary/aromatic N) is 1. The molecule has 0 N–H and O–H groups in total. The summed E-state index contributed by atoms with van der Waals surface area (Å²) in [5, 5.41) is 1.83. The highest BCUT2D eigenvalue weighted by Gasteiger charge is 2.12. The van der Waals surface area contributed by atoms with Crippen LogP contribution < -0.4 is 0 Å². The van der Waals surface area contributed by atoms with E-state index in [0.717, 1.165) is 15.1 Å². The fourth-order valence-corrected chi connectivity index (χ4v) is 3.34. The second-order valence-electron chi connectivity index (χ2n) is 2.31. The molecule has 0 atom stereocenters. The zero-order valence-corrected chi connectivity index (χ0v) is 8.52. The number of Topliss-reactive ketones (excluding diaryl/α,β-unsaturated/α-hetero) is 1. The average molecular weight is 218 g/mol. The first-order valence-corrected chi connectivity index (χ1v) is 5.30. The molecule has 2 nitrogen and oxygen atoms in total. The van der Waals surface area contributed by atoms with Crippen LogP contribution in [0.5, 0.6) is 0 Å². The number of rotatable bonds is 1. The summed E-state index contributed by atoms with van der Waals surface area (Å²) in [7, 11) is 0. The molecule has 5 heteroatoms. The third-order valence-electron chi connectivity index (χ3n) is 1.48. The number of hydrogen-bond donors (Lipinski definition) is 0. The van der Waals surface area contributed by atoms with Crippen molar-refractivity contribution < 1.29 is 4.79 Å². The van der Waals surface area contributed by atoms with Gasteiger partial charge >= 0.3 is 0 Å². The van der Waals surface area contributed by atoms with Gasteiger partial charge in [0.2, 0.25) is 0 Å². The van der Waals surface area contributed by atoms with Gasteiger partial charge < -0.3 is 0 Å². The maximum Gasteiger partial charge on any atom is 0.185 e. The normalized spacial score (nSPS) is 10.8. The van der Waals surface area contributed by atoms with Crippen molar-refractivity contribution in [3.8, 4) is 0 Å². The maximum absolute atomic E-state index is 11.1. The molecule has 0 aliphatic carbocycles. The van der Waals surface area contributed by atoms with Gasteiger partial charge in [-0.1, -0.05) is 11.6 Å². The quantitative estimate of drug-likeness (QED) is 0.687. The van der Waals surface area contributed by atoms with Gasteiger partial charge in [0.25, 0.3) is 0 Å². The van der Waals surface area contributed by atoms with Gasteiger partial charge in [0, 0.05) is 10.9 Å². The molecule has 0 saturated carbocycles. The first-order chi connectivity index (χ1) is 5.68. The van der Waals surface area contributed by atoms with E-state index in [1.807, 2.05) is 5.38 Å². The van der Waals surface area contributed by atoms with E-state index in [-0.39, 0.29) is 5.78 Å². The van der Waals surface area contributed by atoms with E-state index in [4.69, 9.17) is 11.6 Å². The number of thiophene rings is 1. The van der Waals surface area contributed by atoms with Gasteiger partial charge in [-0.3, -0.25) is 4.79 Å². The van der Waals surface area contributed by atoms with E-state index >= 15 is 0 Å². The predicted octanol–water partition coefficient (Wildman–Crippen LogP) is 3.21. The maximum atomic E-state index is 11.1. The highest BCUT2D eigenvalue weighted by molar-refractivity contribution is 7.28. The third-order valence-corrected chi connectivity index (χ3v) is 3.68. The molecule has 0 unspecified atom stereocenters. The van der Waals surface area contributed by atoms with Crippen molar-refractivity contribution in [1.29, 1.82) is 0 Å². The molecule has 0 radical (unpaired) electrons. The van der Waals surface area contributed by atoms with Crippen molar-refractivity contribution in [2.24, 2.45) is 0 Å². The Morgan fingerprint density at radius 3 is 3.08 bits per heavy atom. The smallest absolute Gasteiger partial charge is 0.185 e. The summed E-state index contributed by atoms with van der Waals surface area (Å²) in [6, 6.07) is 0. The van der Waals surface area contributed by atoms with E-state index < -0.39 is 0 Å². The lowest BCUT2D eigenvalue weighted by Crippen LogP contribution is -1.86. The van der Waals surface area contributed by atoms with Crippen LogP contribution in [-0.2, 0) is 0 Å². The minimum Gasteiger partial charge on any atom is -0.294 e. The third kappa shape index (κ3) is 1.16. The lowest BCUT2D eigenvalue weighted by atomic mass is 10.2. The molecule has 2 aromatic heterocycles. The average Bonchev–Trinajstić information content (AvgIpc) is 2.43. The van der Waals surface area contributed by atoms with Crippen LogP contribution in [-0.4, -0.2) is 10.8 Å². The molecule has 2 aromatic rings. The summed E-state index contributed by atoms with van der Waals surface area (Å²) in [5.74, 6) is 0.0709. The lowest BCUT2D eigenvalue weighted by molar-refractivity contribution is 0.102. The second-order valence-corrected chi connectivity index (χ2v) is 4.75. The lowest BCUT2D eigenvalue weighted by Gasteiger charge is -1.84. The Labute approximate surface area is 81.8 Å². The molecule has 0 bridgehead atoms. The largest absolute Gasteiger partial charge is 0.294 e. The van der Waals surface area contributed by atoms with Crippen LogP contribution in [0.25, 0.3) is 9.53 Å². The molecule has 12 heavy (non-hydrogen) atoms. The van der Waals surface area contributed by atoms with E-state index in [2.05, 4.69) is 4.98 Å². The Kier molecular flexibility index (Phi) is 1.90. The molecule has 62 valence electrons. The number of aromatic nitrogens is 1. The number of thiazole rings is 1. The molecule has 2 heterocycles. The van der Waals surface area contributed by atoms with Gasteiger partial charge in [0.1, 0.15) is 4.83 Å². The van der Waals surface area contributed by atoms with Crippen LogP contribution >= 0.6 is 34.3 Å². The van der Waals surface area contributed by atoms with Gasteiger partial charge in [0.05, 0.1) is 4.70 Å². The zero-order valence-electron chi connectivity index (χ0n) is 6.13. The van der Waals surface area contributed by atoms with Crippen LogP contribution in [0.4, 0.5) is 0 Å². The molecule has 0 fully saturated rings. The number of carbonyl (C=O) groups is 1. The van der Waals surface area contributed by atoms with Gasteiger partial charge in [-0.2, -0.15) is 0 Å². The molecular formula is C7H4ClNOS2. The molecule has 0 amide bonds. The topological polar surface area (TPSA) is 30.0 Å². The van der Waals surface area contributed by atoms with Crippen molar-refractivity contribution in [2.75, 3.05) is 0 Å². The predicted molar refractivity (Wildman–Crippen MR) is 52.5 cm³/mol. The first kappa shape index (κ1) is 8.16. The Balaban J connectivity index is 2.76. The van der Waals surface area contributed by atoms with E-state index in [1.54, 1.807) is 6.92 Å². The summed E-state index contributed by atoms with van der Waals surface area (Å²) in [6.07, 6.45) is 0. The molecule has 0 aromatic carbocycles. The minimum atomic E-state index is 0.0709. The summed E-state index contributed by atoms with van der Waals surface area (Å²) in [4.78, 5) is 16.0. The number of halogens is 1. The molecule has 0 aliphatic heterocycles. The first-order valence-electron chi connectivity index (χ1n) is 3.23. The number of fused-ring (bicyclic) bond motifs is 1. The minimum absolute atomic E-state index is 0.0709. The fourth-order valence-electron chi connectivity index (χ4n) is 0.942. The molecular weight excluding hydrogens is 214 g/mol. The van der Waals surface area contributed by atoms with Gasteiger partial charge in [-0.15, -0.1) is 22.7 Å². The van der Waals surface area contributed by atoms with Gasteiger partial charge in [0.15, 0.2) is 10.3 Å². The van der Waals surface area contributed by atoms with Crippen molar-refractivity contribution in [3.05, 3.63) is 15.4 Å². The summed E-state index contributed by atoms with van der Waals surface area (Å²) >= 11 is 8.52. The van der Waals surface area contributed by atoms with Crippen LogP contribution in [0, 0.1) is 0 Å². The summed E-state index contributed by atoms with van der Waals surface area (Å²) < 4.78 is 1.41. The monoisotopic (exact) mass is 217 g/mol. The molecule has 0 aliphatic rings. The van der Waals surface area contributed by atoms with Crippen molar-refractivity contribution in [1.82, 2.24) is 4.98 Å². The SMILES string of the molecule is CC(=O)c1csc2nc(Cl)sc12. The molecule has 0 saturated heterocycles. The van der Waals surface area contributed by atoms with Crippen LogP contribution in [0.15, 0.2) is 5.38 Å². The van der Waals surface area contributed by atoms with Crippen molar-refractivity contribution in [2.45, 2.75) is 6.92 Å². The second kappa shape index (κ2) is 2.80. The van der Waals surface area contributed by atoms with Crippen LogP contribution in [0.1, 0.15) is 17.3 Å².